The van der Waals surface area contributed by atoms with Crippen LogP contribution in [0, 0.1) is 19.8 Å². The second kappa shape index (κ2) is 6.50. The first-order chi connectivity index (χ1) is 12.9. The van der Waals surface area contributed by atoms with Gasteiger partial charge in [0.05, 0.1) is 5.92 Å². The van der Waals surface area contributed by atoms with Gasteiger partial charge in [0.25, 0.3) is 5.91 Å². The molecule has 1 aliphatic rings. The minimum Gasteiger partial charge on any atom is -0.481 e. The Morgan fingerprint density at radius 1 is 1.11 bits per heavy atom. The number of aliphatic carboxylic acids is 1. The number of nitrogens with zero attached hydrogens (tertiary/aromatic N) is 4. The average Bonchev–Trinajstić information content (AvgIpc) is 3.26. The first-order valence-electron chi connectivity index (χ1n) is 8.85. The average molecular weight is 364 g/mol. The van der Waals surface area contributed by atoms with Crippen molar-refractivity contribution in [3.05, 3.63) is 65.1 Å². The van der Waals surface area contributed by atoms with Crippen molar-refractivity contribution in [2.45, 2.75) is 19.8 Å². The third-order valence-corrected chi connectivity index (χ3v) is 5.10. The highest BCUT2D eigenvalue weighted by Gasteiger charge is 2.41. The molecule has 3 heterocycles. The second-order valence-corrected chi connectivity index (χ2v) is 7.01. The summed E-state index contributed by atoms with van der Waals surface area (Å²) in [6.45, 7) is 4.33. The van der Waals surface area contributed by atoms with Gasteiger partial charge in [0.1, 0.15) is 0 Å². The maximum absolute atomic E-state index is 13.0. The standard InChI is InChI=1S/C20H20N4O3/c1-12-8-13(2)24-18(21-12)9-17(22-24)19(25)23-10-15(16(11-23)20(26)27)14-6-4-3-5-7-14/h3-9,15-16H,10-11H2,1-2H3,(H,26,27)/t15-,16+/m1/s1. The Hall–Kier alpha value is -3.22. The summed E-state index contributed by atoms with van der Waals surface area (Å²) in [6.07, 6.45) is 0. The lowest BCUT2D eigenvalue weighted by atomic mass is 9.89. The summed E-state index contributed by atoms with van der Waals surface area (Å²) in [4.78, 5) is 30.7. The summed E-state index contributed by atoms with van der Waals surface area (Å²) in [7, 11) is 0. The third-order valence-electron chi connectivity index (χ3n) is 5.10. The van der Waals surface area contributed by atoms with Crippen molar-refractivity contribution >= 4 is 17.5 Å². The lowest BCUT2D eigenvalue weighted by Crippen LogP contribution is -2.30. The molecular weight excluding hydrogens is 344 g/mol. The maximum atomic E-state index is 13.0. The van der Waals surface area contributed by atoms with Gasteiger partial charge < -0.3 is 10.0 Å². The molecule has 0 aliphatic carbocycles. The predicted octanol–water partition coefficient (Wildman–Crippen LogP) is 2.29. The number of aromatic nitrogens is 3. The first-order valence-corrected chi connectivity index (χ1v) is 8.85. The van der Waals surface area contributed by atoms with Gasteiger partial charge in [-0.25, -0.2) is 9.50 Å². The van der Waals surface area contributed by atoms with E-state index in [0.29, 0.717) is 12.2 Å². The molecule has 0 bridgehead atoms. The SMILES string of the molecule is Cc1cc(C)n2nc(C(=O)N3C[C@H](C(=O)O)[C@@H](c4ccccc4)C3)cc2n1. The van der Waals surface area contributed by atoms with Gasteiger partial charge in [0.2, 0.25) is 0 Å². The summed E-state index contributed by atoms with van der Waals surface area (Å²) in [5, 5.41) is 14.0. The third kappa shape index (κ3) is 3.05. The molecule has 2 atom stereocenters. The van der Waals surface area contributed by atoms with Crippen molar-refractivity contribution in [1.29, 1.82) is 0 Å². The molecule has 27 heavy (non-hydrogen) atoms. The zero-order valence-electron chi connectivity index (χ0n) is 15.2. The quantitative estimate of drug-likeness (QED) is 0.770. The highest BCUT2D eigenvalue weighted by atomic mass is 16.4. The van der Waals surface area contributed by atoms with E-state index in [1.807, 2.05) is 50.2 Å². The molecule has 1 aliphatic heterocycles. The topological polar surface area (TPSA) is 87.8 Å². The number of rotatable bonds is 3. The van der Waals surface area contributed by atoms with Crippen LogP contribution in [0.2, 0.25) is 0 Å². The van der Waals surface area contributed by atoms with Crippen molar-refractivity contribution < 1.29 is 14.7 Å². The molecule has 0 saturated carbocycles. The second-order valence-electron chi connectivity index (χ2n) is 7.01. The number of carbonyl (C=O) groups is 2. The van der Waals surface area contributed by atoms with Gasteiger partial charge in [-0.3, -0.25) is 9.59 Å². The lowest BCUT2D eigenvalue weighted by molar-refractivity contribution is -0.141. The van der Waals surface area contributed by atoms with Gasteiger partial charge >= 0.3 is 5.97 Å². The number of likely N-dealkylation sites (tertiary alicyclic amines) is 1. The van der Waals surface area contributed by atoms with Crippen molar-refractivity contribution in [3.8, 4) is 0 Å². The van der Waals surface area contributed by atoms with Crippen molar-refractivity contribution in [2.24, 2.45) is 5.92 Å². The van der Waals surface area contributed by atoms with Crippen LogP contribution in [0.5, 0.6) is 0 Å². The van der Waals surface area contributed by atoms with Crippen LogP contribution in [-0.4, -0.2) is 49.6 Å². The number of fused-ring (bicyclic) bond motifs is 1. The number of hydrogen-bond acceptors (Lipinski definition) is 4. The van der Waals surface area contributed by atoms with Crippen LogP contribution < -0.4 is 0 Å². The van der Waals surface area contributed by atoms with Gasteiger partial charge in [-0.15, -0.1) is 0 Å². The van der Waals surface area contributed by atoms with Crippen LogP contribution in [0.4, 0.5) is 0 Å². The summed E-state index contributed by atoms with van der Waals surface area (Å²) in [5.41, 5.74) is 3.58. The Morgan fingerprint density at radius 3 is 2.56 bits per heavy atom. The Kier molecular flexibility index (Phi) is 4.14. The Balaban J connectivity index is 1.64. The van der Waals surface area contributed by atoms with E-state index >= 15 is 0 Å². The van der Waals surface area contributed by atoms with Crippen LogP contribution in [-0.2, 0) is 4.79 Å². The van der Waals surface area contributed by atoms with E-state index in [-0.39, 0.29) is 24.1 Å². The van der Waals surface area contributed by atoms with Gasteiger partial charge in [-0.1, -0.05) is 30.3 Å². The molecule has 1 amide bonds. The molecule has 1 fully saturated rings. The van der Waals surface area contributed by atoms with Crippen molar-refractivity contribution in [3.63, 3.8) is 0 Å². The largest absolute Gasteiger partial charge is 0.481 e. The van der Waals surface area contributed by atoms with E-state index in [0.717, 1.165) is 17.0 Å². The van der Waals surface area contributed by atoms with Crippen molar-refractivity contribution in [2.75, 3.05) is 13.1 Å². The van der Waals surface area contributed by atoms with E-state index in [2.05, 4.69) is 10.1 Å². The summed E-state index contributed by atoms with van der Waals surface area (Å²) >= 11 is 0. The molecule has 7 heteroatoms. The van der Waals surface area contributed by atoms with Gasteiger partial charge in [0.15, 0.2) is 11.3 Å². The van der Waals surface area contributed by atoms with E-state index in [9.17, 15) is 14.7 Å². The number of carbonyl (C=O) groups excluding carboxylic acids is 1. The summed E-state index contributed by atoms with van der Waals surface area (Å²) in [6, 6.07) is 13.1. The van der Waals surface area contributed by atoms with Crippen LogP contribution in [0.15, 0.2) is 42.5 Å². The van der Waals surface area contributed by atoms with E-state index in [4.69, 9.17) is 0 Å². The number of carboxylic acid groups (broad SMARTS) is 1. The molecular formula is C20H20N4O3. The number of benzene rings is 1. The smallest absolute Gasteiger partial charge is 0.308 e. The molecule has 0 spiro atoms. The number of amides is 1. The normalized spacial score (nSPS) is 19.6. The summed E-state index contributed by atoms with van der Waals surface area (Å²) in [5.74, 6) is -2.01. The number of hydrogen-bond donors (Lipinski definition) is 1. The highest BCUT2D eigenvalue weighted by molar-refractivity contribution is 5.94. The lowest BCUT2D eigenvalue weighted by Gasteiger charge is -2.15. The molecule has 0 radical (unpaired) electrons. The molecule has 2 aromatic heterocycles. The molecule has 0 unspecified atom stereocenters. The Bertz CT molecular complexity index is 1030. The van der Waals surface area contributed by atoms with Crippen LogP contribution >= 0.6 is 0 Å². The molecule has 7 nitrogen and oxygen atoms in total. The van der Waals surface area contributed by atoms with Gasteiger partial charge in [-0.05, 0) is 25.5 Å². The molecule has 1 N–H and O–H groups in total. The fraction of sp³-hybridized carbons (Fsp3) is 0.300. The molecule has 1 saturated heterocycles. The molecule has 1 aromatic carbocycles. The molecule has 3 aromatic rings. The number of aryl methyl sites for hydroxylation is 2. The zero-order chi connectivity index (χ0) is 19.1. The van der Waals surface area contributed by atoms with Crippen LogP contribution in [0.25, 0.3) is 5.65 Å². The summed E-state index contributed by atoms with van der Waals surface area (Å²) < 4.78 is 1.64. The number of carboxylic acids is 1. The Labute approximate surface area is 156 Å². The minimum absolute atomic E-state index is 0.174. The highest BCUT2D eigenvalue weighted by Crippen LogP contribution is 2.33. The molecule has 4 rings (SSSR count). The Morgan fingerprint density at radius 2 is 1.85 bits per heavy atom. The minimum atomic E-state index is -0.887. The maximum Gasteiger partial charge on any atom is 0.308 e. The van der Waals surface area contributed by atoms with Gasteiger partial charge in [0, 0.05) is 36.5 Å². The van der Waals surface area contributed by atoms with Crippen molar-refractivity contribution in [1.82, 2.24) is 19.5 Å². The van der Waals surface area contributed by atoms with Gasteiger partial charge in [-0.2, -0.15) is 5.10 Å². The fourth-order valence-corrected chi connectivity index (χ4v) is 3.81. The van der Waals surface area contributed by atoms with E-state index in [1.165, 1.54) is 0 Å². The monoisotopic (exact) mass is 364 g/mol. The van der Waals surface area contributed by atoms with Crippen LogP contribution in [0.1, 0.15) is 33.4 Å². The van der Waals surface area contributed by atoms with Crippen LogP contribution in [0.3, 0.4) is 0 Å². The first kappa shape index (κ1) is 17.2. The predicted molar refractivity (Wildman–Crippen MR) is 98.7 cm³/mol. The molecule has 138 valence electrons. The van der Waals surface area contributed by atoms with E-state index < -0.39 is 11.9 Å². The zero-order valence-corrected chi connectivity index (χ0v) is 15.2. The van der Waals surface area contributed by atoms with E-state index in [1.54, 1.807) is 15.5 Å². The fourth-order valence-electron chi connectivity index (χ4n) is 3.81.